The van der Waals surface area contributed by atoms with E-state index < -0.39 is 0 Å². The first-order chi connectivity index (χ1) is 9.43. The maximum atomic E-state index is 12.7. The van der Waals surface area contributed by atoms with Crippen LogP contribution in [0.3, 0.4) is 0 Å². The number of anilines is 1. The van der Waals surface area contributed by atoms with Crippen molar-refractivity contribution in [1.29, 1.82) is 0 Å². The highest BCUT2D eigenvalue weighted by atomic mass is 16.2. The molecule has 0 aliphatic carbocycles. The fourth-order valence-electron chi connectivity index (χ4n) is 2.83. The SMILES string of the molecule is CCC1CN(C(=O)c2cc(N)cn2C(C)C)CCN1C. The molecular formula is C15H26N4O. The van der Waals surface area contributed by atoms with Gasteiger partial charge in [0.15, 0.2) is 0 Å². The molecule has 0 radical (unpaired) electrons. The van der Waals surface area contributed by atoms with Gasteiger partial charge in [0.2, 0.25) is 0 Å². The Balaban J connectivity index is 2.19. The van der Waals surface area contributed by atoms with Crippen LogP contribution < -0.4 is 5.73 Å². The zero-order chi connectivity index (χ0) is 14.9. The quantitative estimate of drug-likeness (QED) is 0.917. The second-order valence-corrected chi connectivity index (χ2v) is 5.95. The van der Waals surface area contributed by atoms with E-state index in [1.54, 1.807) is 6.07 Å². The van der Waals surface area contributed by atoms with Gasteiger partial charge in [0, 0.05) is 37.9 Å². The number of nitrogens with zero attached hydrogens (tertiary/aromatic N) is 3. The third-order valence-corrected chi connectivity index (χ3v) is 4.18. The Hall–Kier alpha value is -1.49. The summed E-state index contributed by atoms with van der Waals surface area (Å²) in [5.74, 6) is 0.0990. The molecule has 1 aromatic heterocycles. The van der Waals surface area contributed by atoms with E-state index >= 15 is 0 Å². The van der Waals surface area contributed by atoms with Gasteiger partial charge in [-0.25, -0.2) is 0 Å². The van der Waals surface area contributed by atoms with Crippen molar-refractivity contribution in [2.45, 2.75) is 39.3 Å². The van der Waals surface area contributed by atoms with E-state index in [0.717, 1.165) is 26.1 Å². The predicted octanol–water partition coefficient (Wildman–Crippen LogP) is 1.82. The Labute approximate surface area is 121 Å². The van der Waals surface area contributed by atoms with E-state index in [1.807, 2.05) is 15.7 Å². The van der Waals surface area contributed by atoms with Gasteiger partial charge in [0.05, 0.1) is 5.69 Å². The molecule has 1 atom stereocenters. The Morgan fingerprint density at radius 2 is 2.15 bits per heavy atom. The molecule has 1 aliphatic heterocycles. The summed E-state index contributed by atoms with van der Waals surface area (Å²) in [6, 6.07) is 2.48. The van der Waals surface area contributed by atoms with Gasteiger partial charge in [0.1, 0.15) is 5.69 Å². The molecule has 1 saturated heterocycles. The molecule has 20 heavy (non-hydrogen) atoms. The van der Waals surface area contributed by atoms with Crippen LogP contribution in [0.5, 0.6) is 0 Å². The van der Waals surface area contributed by atoms with Crippen molar-refractivity contribution in [1.82, 2.24) is 14.4 Å². The van der Waals surface area contributed by atoms with Crippen molar-refractivity contribution in [3.8, 4) is 0 Å². The van der Waals surface area contributed by atoms with Crippen LogP contribution in [0.15, 0.2) is 12.3 Å². The second-order valence-electron chi connectivity index (χ2n) is 5.95. The van der Waals surface area contributed by atoms with Crippen LogP contribution in [0.4, 0.5) is 5.69 Å². The Kier molecular flexibility index (Phi) is 4.38. The van der Waals surface area contributed by atoms with E-state index in [4.69, 9.17) is 5.73 Å². The average molecular weight is 278 g/mol. The number of amides is 1. The third kappa shape index (κ3) is 2.82. The maximum absolute atomic E-state index is 12.7. The van der Waals surface area contributed by atoms with E-state index in [1.165, 1.54) is 0 Å². The summed E-state index contributed by atoms with van der Waals surface area (Å²) in [7, 11) is 2.13. The zero-order valence-corrected chi connectivity index (χ0v) is 13.0. The molecule has 5 nitrogen and oxygen atoms in total. The van der Waals surface area contributed by atoms with Crippen molar-refractivity contribution < 1.29 is 4.79 Å². The van der Waals surface area contributed by atoms with E-state index in [0.29, 0.717) is 17.4 Å². The molecule has 112 valence electrons. The lowest BCUT2D eigenvalue weighted by molar-refractivity contribution is 0.0530. The maximum Gasteiger partial charge on any atom is 0.270 e. The Morgan fingerprint density at radius 3 is 2.75 bits per heavy atom. The summed E-state index contributed by atoms with van der Waals surface area (Å²) in [5, 5.41) is 0. The molecule has 0 aromatic carbocycles. The van der Waals surface area contributed by atoms with Crippen LogP contribution in [0.25, 0.3) is 0 Å². The summed E-state index contributed by atoms with van der Waals surface area (Å²) >= 11 is 0. The van der Waals surface area contributed by atoms with Gasteiger partial charge in [-0.2, -0.15) is 0 Å². The lowest BCUT2D eigenvalue weighted by atomic mass is 10.1. The van der Waals surface area contributed by atoms with Crippen molar-refractivity contribution >= 4 is 11.6 Å². The summed E-state index contributed by atoms with van der Waals surface area (Å²) in [6.45, 7) is 8.82. The Morgan fingerprint density at radius 1 is 1.45 bits per heavy atom. The molecule has 2 N–H and O–H groups in total. The van der Waals surface area contributed by atoms with Crippen LogP contribution in [-0.2, 0) is 0 Å². The minimum Gasteiger partial charge on any atom is -0.397 e. The monoisotopic (exact) mass is 278 g/mol. The molecular weight excluding hydrogens is 252 g/mol. The molecule has 2 rings (SSSR count). The molecule has 1 aromatic rings. The minimum absolute atomic E-state index is 0.0990. The largest absolute Gasteiger partial charge is 0.397 e. The lowest BCUT2D eigenvalue weighted by Crippen LogP contribution is -2.53. The van der Waals surface area contributed by atoms with E-state index in [-0.39, 0.29) is 11.9 Å². The molecule has 1 amide bonds. The second kappa shape index (κ2) is 5.87. The fourth-order valence-corrected chi connectivity index (χ4v) is 2.83. The predicted molar refractivity (Wildman–Crippen MR) is 81.8 cm³/mol. The average Bonchev–Trinajstić information content (AvgIpc) is 2.81. The van der Waals surface area contributed by atoms with Gasteiger partial charge < -0.3 is 15.2 Å². The molecule has 1 unspecified atom stereocenters. The smallest absolute Gasteiger partial charge is 0.270 e. The number of piperazine rings is 1. The van der Waals surface area contributed by atoms with Crippen molar-refractivity contribution in [3.63, 3.8) is 0 Å². The number of rotatable bonds is 3. The summed E-state index contributed by atoms with van der Waals surface area (Å²) in [6.07, 6.45) is 2.92. The standard InChI is InChI=1S/C15H26N4O/c1-5-13-10-18(7-6-17(13)4)15(20)14-8-12(16)9-19(14)11(2)3/h8-9,11,13H,5-7,10,16H2,1-4H3. The summed E-state index contributed by atoms with van der Waals surface area (Å²) in [4.78, 5) is 17.0. The fraction of sp³-hybridized carbons (Fsp3) is 0.667. The molecule has 0 saturated carbocycles. The first-order valence-electron chi connectivity index (χ1n) is 7.40. The number of nitrogen functional groups attached to an aromatic ring is 1. The molecule has 0 bridgehead atoms. The van der Waals surface area contributed by atoms with Gasteiger partial charge in [-0.05, 0) is 33.4 Å². The van der Waals surface area contributed by atoms with E-state index in [2.05, 4.69) is 32.7 Å². The van der Waals surface area contributed by atoms with Gasteiger partial charge in [0.25, 0.3) is 5.91 Å². The van der Waals surface area contributed by atoms with Crippen molar-refractivity contribution in [2.24, 2.45) is 0 Å². The van der Waals surface area contributed by atoms with Crippen LogP contribution in [0, 0.1) is 0 Å². The Bertz CT molecular complexity index is 480. The first kappa shape index (κ1) is 14.9. The van der Waals surface area contributed by atoms with Crippen molar-refractivity contribution in [2.75, 3.05) is 32.4 Å². The number of carbonyl (C=O) groups is 1. The molecule has 1 aliphatic rings. The van der Waals surface area contributed by atoms with Crippen molar-refractivity contribution in [3.05, 3.63) is 18.0 Å². The normalized spacial score (nSPS) is 20.6. The van der Waals surface area contributed by atoms with Crippen LogP contribution in [0.1, 0.15) is 43.7 Å². The van der Waals surface area contributed by atoms with Gasteiger partial charge in [-0.15, -0.1) is 0 Å². The highest BCUT2D eigenvalue weighted by molar-refractivity contribution is 5.94. The highest BCUT2D eigenvalue weighted by Gasteiger charge is 2.28. The summed E-state index contributed by atoms with van der Waals surface area (Å²) in [5.41, 5.74) is 7.22. The number of carbonyl (C=O) groups excluding carboxylic acids is 1. The number of hydrogen-bond donors (Lipinski definition) is 1. The number of aromatic nitrogens is 1. The third-order valence-electron chi connectivity index (χ3n) is 4.18. The topological polar surface area (TPSA) is 54.5 Å². The summed E-state index contributed by atoms with van der Waals surface area (Å²) < 4.78 is 1.97. The van der Waals surface area contributed by atoms with Gasteiger partial charge in [-0.1, -0.05) is 6.92 Å². The van der Waals surface area contributed by atoms with Gasteiger partial charge >= 0.3 is 0 Å². The molecule has 1 fully saturated rings. The molecule has 0 spiro atoms. The van der Waals surface area contributed by atoms with E-state index in [9.17, 15) is 4.79 Å². The minimum atomic E-state index is 0.0990. The molecule has 2 heterocycles. The highest BCUT2D eigenvalue weighted by Crippen LogP contribution is 2.20. The number of nitrogens with two attached hydrogens (primary N) is 1. The van der Waals surface area contributed by atoms with Crippen LogP contribution >= 0.6 is 0 Å². The zero-order valence-electron chi connectivity index (χ0n) is 13.0. The first-order valence-corrected chi connectivity index (χ1v) is 7.40. The van der Waals surface area contributed by atoms with Crippen LogP contribution in [0.2, 0.25) is 0 Å². The molecule has 5 heteroatoms. The lowest BCUT2D eigenvalue weighted by Gasteiger charge is -2.39. The van der Waals surface area contributed by atoms with Gasteiger partial charge in [-0.3, -0.25) is 9.69 Å². The van der Waals surface area contributed by atoms with Crippen LogP contribution in [-0.4, -0.2) is 53.0 Å². The number of hydrogen-bond acceptors (Lipinski definition) is 3. The number of likely N-dealkylation sites (N-methyl/N-ethyl adjacent to an activating group) is 1.